The van der Waals surface area contributed by atoms with E-state index < -0.39 is 0 Å². The van der Waals surface area contributed by atoms with Crippen molar-refractivity contribution in [2.24, 2.45) is 10.9 Å². The van der Waals surface area contributed by atoms with Crippen LogP contribution in [-0.4, -0.2) is 75.6 Å². The molecule has 1 heterocycles. The molecule has 0 saturated carbocycles. The third-order valence-electron chi connectivity index (χ3n) is 5.12. The quantitative estimate of drug-likeness (QED) is 0.291. The highest BCUT2D eigenvalue weighted by Gasteiger charge is 2.23. The topological polar surface area (TPSA) is 69.2 Å². The number of halogens is 1. The molecule has 170 valence electrons. The van der Waals surface area contributed by atoms with Crippen LogP contribution in [0.4, 0.5) is 0 Å². The van der Waals surface area contributed by atoms with Crippen LogP contribution < -0.4 is 15.4 Å². The summed E-state index contributed by atoms with van der Waals surface area (Å²) < 4.78 is 5.83. The summed E-state index contributed by atoms with van der Waals surface area (Å²) in [7, 11) is 5.78. The summed E-state index contributed by atoms with van der Waals surface area (Å²) in [4.78, 5) is 20.9. The number of nitrogens with one attached hydrogen (secondary N) is 2. The van der Waals surface area contributed by atoms with Crippen molar-refractivity contribution >= 4 is 35.8 Å². The van der Waals surface area contributed by atoms with Gasteiger partial charge in [-0.05, 0) is 57.5 Å². The fraction of sp³-hybridized carbons (Fsp3) is 0.636. The number of benzene rings is 1. The molecule has 1 aliphatic rings. The van der Waals surface area contributed by atoms with Crippen molar-refractivity contribution in [1.29, 1.82) is 0 Å². The minimum absolute atomic E-state index is 0. The Labute approximate surface area is 198 Å². The highest BCUT2D eigenvalue weighted by atomic mass is 127. The number of piperidine rings is 1. The summed E-state index contributed by atoms with van der Waals surface area (Å²) in [5.74, 6) is 2.44. The lowest BCUT2D eigenvalue weighted by Gasteiger charge is -2.34. The Balaban J connectivity index is 0.00000450. The van der Waals surface area contributed by atoms with Crippen molar-refractivity contribution in [3.63, 3.8) is 0 Å². The molecule has 0 aromatic heterocycles. The molecule has 0 atom stereocenters. The molecule has 30 heavy (non-hydrogen) atoms. The molecule has 1 fully saturated rings. The second-order valence-corrected chi connectivity index (χ2v) is 7.78. The molecular weight excluding hydrogens is 493 g/mol. The number of amides is 1. The van der Waals surface area contributed by atoms with Crippen LogP contribution in [0.2, 0.25) is 0 Å². The molecule has 0 radical (unpaired) electrons. The summed E-state index contributed by atoms with van der Waals surface area (Å²) in [5, 5.41) is 6.14. The average molecular weight is 531 g/mol. The molecular formula is C22H38IN5O2. The first-order valence-electron chi connectivity index (χ1n) is 10.6. The van der Waals surface area contributed by atoms with E-state index in [-0.39, 0.29) is 29.9 Å². The largest absolute Gasteiger partial charge is 0.492 e. The van der Waals surface area contributed by atoms with Crippen LogP contribution in [0.3, 0.4) is 0 Å². The van der Waals surface area contributed by atoms with Crippen LogP contribution in [0.15, 0.2) is 29.3 Å². The van der Waals surface area contributed by atoms with Gasteiger partial charge in [0.15, 0.2) is 5.96 Å². The van der Waals surface area contributed by atoms with Gasteiger partial charge in [-0.15, -0.1) is 24.0 Å². The highest BCUT2D eigenvalue weighted by Crippen LogP contribution is 2.21. The summed E-state index contributed by atoms with van der Waals surface area (Å²) in [6, 6.07) is 8.16. The van der Waals surface area contributed by atoms with Gasteiger partial charge < -0.3 is 25.2 Å². The molecule has 1 amide bonds. The van der Waals surface area contributed by atoms with Crippen LogP contribution >= 0.6 is 24.0 Å². The van der Waals surface area contributed by atoms with Crippen LogP contribution in [0.1, 0.15) is 31.7 Å². The minimum atomic E-state index is 0. The first-order chi connectivity index (χ1) is 14.0. The molecule has 1 saturated heterocycles. The molecule has 0 spiro atoms. The lowest BCUT2D eigenvalue weighted by molar-refractivity contribution is -0.121. The fourth-order valence-electron chi connectivity index (χ4n) is 3.38. The van der Waals surface area contributed by atoms with Crippen molar-refractivity contribution in [3.05, 3.63) is 29.8 Å². The number of hydrogen-bond donors (Lipinski definition) is 2. The van der Waals surface area contributed by atoms with Gasteiger partial charge in [0.25, 0.3) is 0 Å². The van der Waals surface area contributed by atoms with E-state index in [4.69, 9.17) is 9.73 Å². The van der Waals surface area contributed by atoms with Crippen LogP contribution in [0.25, 0.3) is 0 Å². The number of ether oxygens (including phenoxy) is 1. The fourth-order valence-corrected chi connectivity index (χ4v) is 3.38. The number of rotatable bonds is 9. The number of carbonyl (C=O) groups is 1. The predicted molar refractivity (Wildman–Crippen MR) is 134 cm³/mol. The molecule has 7 nitrogen and oxygen atoms in total. The monoisotopic (exact) mass is 531 g/mol. The van der Waals surface area contributed by atoms with E-state index in [0.29, 0.717) is 25.5 Å². The maximum Gasteiger partial charge on any atom is 0.220 e. The molecule has 2 N–H and O–H groups in total. The maximum absolute atomic E-state index is 11.6. The lowest BCUT2D eigenvalue weighted by Crippen LogP contribution is -2.46. The molecule has 1 aromatic rings. The van der Waals surface area contributed by atoms with E-state index in [1.165, 1.54) is 0 Å². The number of carbonyl (C=O) groups excluding carboxylic acids is 1. The van der Waals surface area contributed by atoms with Crippen molar-refractivity contribution in [2.75, 3.05) is 53.9 Å². The van der Waals surface area contributed by atoms with E-state index in [1.807, 2.05) is 26.2 Å². The van der Waals surface area contributed by atoms with Gasteiger partial charge in [-0.3, -0.25) is 4.79 Å². The number of guanidine groups is 1. The molecule has 0 aliphatic carbocycles. The lowest BCUT2D eigenvalue weighted by atomic mass is 9.93. The first kappa shape index (κ1) is 26.5. The zero-order chi connectivity index (χ0) is 21.1. The smallest absolute Gasteiger partial charge is 0.220 e. The van der Waals surface area contributed by atoms with Crippen LogP contribution in [0, 0.1) is 5.92 Å². The van der Waals surface area contributed by atoms with Crippen molar-refractivity contribution < 1.29 is 9.53 Å². The molecule has 0 unspecified atom stereocenters. The van der Waals surface area contributed by atoms with Gasteiger partial charge in [0.2, 0.25) is 5.91 Å². The standard InChI is InChI=1S/C22H37N5O2.HI/c1-5-24-22(27-11-9-18(10-12-27)16-21(28)23-2)25-17-19-7-6-8-20(15-19)29-14-13-26(3)4;/h6-8,15,18H,5,9-14,16-17H2,1-4H3,(H,23,28)(H,24,25);1H. The Kier molecular flexibility index (Phi) is 12.8. The average Bonchev–Trinajstić information content (AvgIpc) is 2.72. The second kappa shape index (κ2) is 14.5. The number of likely N-dealkylation sites (N-methyl/N-ethyl adjacent to an activating group) is 1. The third kappa shape index (κ3) is 9.51. The SMILES string of the molecule is CCNC(=NCc1cccc(OCCN(C)C)c1)N1CCC(CC(=O)NC)CC1.I. The first-order valence-corrected chi connectivity index (χ1v) is 10.6. The molecule has 8 heteroatoms. The summed E-state index contributed by atoms with van der Waals surface area (Å²) in [6.07, 6.45) is 2.67. The van der Waals surface area contributed by atoms with Gasteiger partial charge in [0, 0.05) is 39.6 Å². The maximum atomic E-state index is 11.6. The normalized spacial score (nSPS) is 15.0. The van der Waals surface area contributed by atoms with E-state index in [2.05, 4.69) is 39.5 Å². The zero-order valence-corrected chi connectivity index (χ0v) is 21.1. The van der Waals surface area contributed by atoms with Gasteiger partial charge in [0.05, 0.1) is 6.54 Å². The number of nitrogens with zero attached hydrogens (tertiary/aromatic N) is 3. The van der Waals surface area contributed by atoms with Crippen molar-refractivity contribution in [1.82, 2.24) is 20.4 Å². The van der Waals surface area contributed by atoms with Crippen molar-refractivity contribution in [3.8, 4) is 5.75 Å². The Morgan fingerprint density at radius 3 is 2.67 bits per heavy atom. The van der Waals surface area contributed by atoms with Crippen molar-refractivity contribution in [2.45, 2.75) is 32.7 Å². The van der Waals surface area contributed by atoms with E-state index in [9.17, 15) is 4.79 Å². The Morgan fingerprint density at radius 1 is 1.30 bits per heavy atom. The Morgan fingerprint density at radius 2 is 2.03 bits per heavy atom. The van der Waals surface area contributed by atoms with Crippen LogP contribution in [0.5, 0.6) is 5.75 Å². The summed E-state index contributed by atoms with van der Waals surface area (Å²) in [5.41, 5.74) is 1.14. The number of hydrogen-bond acceptors (Lipinski definition) is 4. The Hall–Kier alpha value is -1.55. The van der Waals surface area contributed by atoms with E-state index in [0.717, 1.165) is 56.3 Å². The second-order valence-electron chi connectivity index (χ2n) is 7.78. The number of likely N-dealkylation sites (tertiary alicyclic amines) is 1. The van der Waals surface area contributed by atoms with E-state index in [1.54, 1.807) is 7.05 Å². The van der Waals surface area contributed by atoms with Gasteiger partial charge >= 0.3 is 0 Å². The molecule has 2 rings (SSSR count). The predicted octanol–water partition coefficient (Wildman–Crippen LogP) is 2.56. The Bertz CT molecular complexity index is 661. The summed E-state index contributed by atoms with van der Waals surface area (Å²) >= 11 is 0. The highest BCUT2D eigenvalue weighted by molar-refractivity contribution is 14.0. The zero-order valence-electron chi connectivity index (χ0n) is 18.8. The molecule has 1 aliphatic heterocycles. The van der Waals surface area contributed by atoms with E-state index >= 15 is 0 Å². The molecule has 1 aromatic carbocycles. The van der Waals surface area contributed by atoms with Crippen LogP contribution in [-0.2, 0) is 11.3 Å². The summed E-state index contributed by atoms with van der Waals surface area (Å²) in [6.45, 7) is 6.97. The molecule has 0 bridgehead atoms. The number of aliphatic imine (C=N–C) groups is 1. The van der Waals surface area contributed by atoms with Gasteiger partial charge in [0.1, 0.15) is 12.4 Å². The third-order valence-corrected chi connectivity index (χ3v) is 5.12. The van der Waals surface area contributed by atoms with Gasteiger partial charge in [-0.25, -0.2) is 4.99 Å². The minimum Gasteiger partial charge on any atom is -0.492 e. The van der Waals surface area contributed by atoms with Gasteiger partial charge in [-0.1, -0.05) is 12.1 Å². The van der Waals surface area contributed by atoms with Gasteiger partial charge in [-0.2, -0.15) is 0 Å².